The number of furan rings is 1. The molecule has 3 aromatic rings. The van der Waals surface area contributed by atoms with Crippen LogP contribution in [0.5, 0.6) is 0 Å². The van der Waals surface area contributed by atoms with Crippen LogP contribution in [0.1, 0.15) is 49.1 Å². The lowest BCUT2D eigenvalue weighted by atomic mass is 10.2. The third kappa shape index (κ3) is 5.15. The second-order valence-electron chi connectivity index (χ2n) is 7.44. The molecule has 0 bridgehead atoms. The topological polar surface area (TPSA) is 121 Å². The normalized spacial score (nSPS) is 11.8. The molecule has 3 rings (SSSR count). The number of nitrogens with zero attached hydrogens (tertiary/aromatic N) is 3. The quantitative estimate of drug-likeness (QED) is 0.375. The lowest BCUT2D eigenvalue weighted by Crippen LogP contribution is -2.30. The molecule has 2 aromatic heterocycles. The van der Waals surface area contributed by atoms with Crippen molar-refractivity contribution >= 4 is 33.0 Å². The minimum absolute atomic E-state index is 0.00135. The van der Waals surface area contributed by atoms with Crippen molar-refractivity contribution in [3.8, 4) is 0 Å². The number of benzene rings is 1. The summed E-state index contributed by atoms with van der Waals surface area (Å²) in [6, 6.07) is 6.45. The summed E-state index contributed by atoms with van der Waals surface area (Å²) in [6.07, 6.45) is 1.71. The monoisotopic (exact) mass is 491 g/mol. The summed E-state index contributed by atoms with van der Waals surface area (Å²) in [6.45, 7) is 6.81. The highest BCUT2D eigenvalue weighted by Crippen LogP contribution is 2.24. The minimum atomic E-state index is -3.60. The molecule has 0 fully saturated rings. The Kier molecular flexibility index (Phi) is 8.11. The molecule has 0 unspecified atom stereocenters. The number of carbonyl (C=O) groups is 2. The van der Waals surface area contributed by atoms with Gasteiger partial charge < -0.3 is 18.5 Å². The number of methoxy groups -OCH3 is 1. The van der Waals surface area contributed by atoms with E-state index in [1.807, 2.05) is 11.5 Å². The molecule has 34 heavy (non-hydrogen) atoms. The number of aryl methyl sites for hydroxylation is 2. The number of aromatic nitrogens is 2. The van der Waals surface area contributed by atoms with Gasteiger partial charge in [-0.3, -0.25) is 4.79 Å². The Hall–Kier alpha value is -3.18. The third-order valence-corrected chi connectivity index (χ3v) is 7.56. The van der Waals surface area contributed by atoms with Crippen LogP contribution in [0.25, 0.3) is 11.0 Å². The van der Waals surface area contributed by atoms with E-state index in [-0.39, 0.29) is 23.7 Å². The second kappa shape index (κ2) is 10.8. The van der Waals surface area contributed by atoms with E-state index < -0.39 is 22.0 Å². The van der Waals surface area contributed by atoms with Crippen molar-refractivity contribution in [2.24, 2.45) is 0 Å². The molecule has 10 nitrogen and oxygen atoms in total. The van der Waals surface area contributed by atoms with Crippen molar-refractivity contribution in [3.05, 3.63) is 47.7 Å². The van der Waals surface area contributed by atoms with E-state index >= 15 is 0 Å². The van der Waals surface area contributed by atoms with Gasteiger partial charge in [0.1, 0.15) is 12.4 Å². The summed E-state index contributed by atoms with van der Waals surface area (Å²) in [7, 11) is -2.36. The number of esters is 2. The van der Waals surface area contributed by atoms with E-state index in [0.29, 0.717) is 43.0 Å². The van der Waals surface area contributed by atoms with Gasteiger partial charge in [0, 0.05) is 31.6 Å². The van der Waals surface area contributed by atoms with Gasteiger partial charge in [-0.2, -0.15) is 4.31 Å². The fourth-order valence-corrected chi connectivity index (χ4v) is 5.22. The molecule has 184 valence electrons. The first kappa shape index (κ1) is 25.4. The van der Waals surface area contributed by atoms with Crippen LogP contribution in [0, 0.1) is 0 Å². The summed E-state index contributed by atoms with van der Waals surface area (Å²) < 4.78 is 44.1. The molecule has 0 saturated heterocycles. The Bertz CT molecular complexity index is 1270. The number of ether oxygens (including phenoxy) is 2. The maximum atomic E-state index is 12.9. The van der Waals surface area contributed by atoms with Gasteiger partial charge in [0.25, 0.3) is 0 Å². The molecule has 11 heteroatoms. The number of fused-ring (bicyclic) bond motifs is 1. The molecule has 0 N–H and O–H groups in total. The Labute approximate surface area is 198 Å². The molecule has 0 amide bonds. The van der Waals surface area contributed by atoms with Crippen molar-refractivity contribution in [2.75, 3.05) is 20.2 Å². The molecule has 0 aliphatic heterocycles. The van der Waals surface area contributed by atoms with Crippen LogP contribution in [0.15, 0.2) is 39.8 Å². The Morgan fingerprint density at radius 2 is 1.88 bits per heavy atom. The smallest absolute Gasteiger partial charge is 0.374 e. The molecule has 2 heterocycles. The summed E-state index contributed by atoms with van der Waals surface area (Å²) in [5, 5.41) is 0. The highest BCUT2D eigenvalue weighted by molar-refractivity contribution is 7.89. The Morgan fingerprint density at radius 1 is 1.15 bits per heavy atom. The lowest BCUT2D eigenvalue weighted by Gasteiger charge is -2.18. The average molecular weight is 492 g/mol. The number of sulfonamides is 1. The fourth-order valence-electron chi connectivity index (χ4n) is 3.74. The number of carbonyl (C=O) groups excluding carboxylic acids is 2. The molecule has 0 aliphatic carbocycles. The van der Waals surface area contributed by atoms with Gasteiger partial charge in [0.2, 0.25) is 15.8 Å². The molecule has 0 atom stereocenters. The van der Waals surface area contributed by atoms with E-state index in [0.717, 1.165) is 5.52 Å². The summed E-state index contributed by atoms with van der Waals surface area (Å²) >= 11 is 0. The molecule has 0 saturated carbocycles. The largest absolute Gasteiger partial charge is 0.463 e. The zero-order chi connectivity index (χ0) is 24.9. The Morgan fingerprint density at radius 3 is 2.53 bits per heavy atom. The van der Waals surface area contributed by atoms with Gasteiger partial charge in [-0.1, -0.05) is 13.8 Å². The summed E-state index contributed by atoms with van der Waals surface area (Å²) in [5.74, 6) is -0.449. The standard InChI is InChI=1S/C23H29N3O7S/c1-5-25(6-2)34(29,30)17-8-9-19-18(14-17)24-20(26(19)7-3)10-11-21(27)33-15-16-12-13-32-22(16)23(28)31-4/h8-9,12-14H,5-7,10-11,15H2,1-4H3. The first-order valence-electron chi connectivity index (χ1n) is 11.1. The van der Waals surface area contributed by atoms with Crippen LogP contribution in [-0.4, -0.2) is 54.4 Å². The van der Waals surface area contributed by atoms with Gasteiger partial charge in [0.05, 0.1) is 35.7 Å². The van der Waals surface area contributed by atoms with Crippen molar-refractivity contribution in [1.82, 2.24) is 13.9 Å². The van der Waals surface area contributed by atoms with E-state index in [2.05, 4.69) is 9.72 Å². The van der Waals surface area contributed by atoms with Gasteiger partial charge in [0.15, 0.2) is 0 Å². The van der Waals surface area contributed by atoms with Crippen LogP contribution in [0.4, 0.5) is 0 Å². The lowest BCUT2D eigenvalue weighted by molar-refractivity contribution is -0.145. The van der Waals surface area contributed by atoms with E-state index in [9.17, 15) is 18.0 Å². The average Bonchev–Trinajstić information content (AvgIpc) is 3.44. The van der Waals surface area contributed by atoms with Gasteiger partial charge in [-0.05, 0) is 31.2 Å². The van der Waals surface area contributed by atoms with Crippen LogP contribution in [0.3, 0.4) is 0 Å². The SMILES string of the molecule is CCN(CC)S(=O)(=O)c1ccc2c(c1)nc(CCC(=O)OCc1ccoc1C(=O)OC)n2CC. The van der Waals surface area contributed by atoms with Crippen LogP contribution in [-0.2, 0) is 43.9 Å². The minimum Gasteiger partial charge on any atom is -0.463 e. The Balaban J connectivity index is 1.73. The maximum Gasteiger partial charge on any atom is 0.374 e. The number of imidazole rings is 1. The molecule has 0 aliphatic rings. The van der Waals surface area contributed by atoms with E-state index in [4.69, 9.17) is 9.15 Å². The summed E-state index contributed by atoms with van der Waals surface area (Å²) in [4.78, 5) is 28.8. The summed E-state index contributed by atoms with van der Waals surface area (Å²) in [5.41, 5.74) is 1.77. The van der Waals surface area contributed by atoms with Crippen molar-refractivity contribution in [1.29, 1.82) is 0 Å². The number of rotatable bonds is 11. The first-order valence-corrected chi connectivity index (χ1v) is 12.5. The van der Waals surface area contributed by atoms with E-state index in [1.165, 1.54) is 17.7 Å². The van der Waals surface area contributed by atoms with Gasteiger partial charge in [-0.15, -0.1) is 0 Å². The van der Waals surface area contributed by atoms with E-state index in [1.54, 1.807) is 38.1 Å². The zero-order valence-corrected chi connectivity index (χ0v) is 20.6. The molecular weight excluding hydrogens is 462 g/mol. The van der Waals surface area contributed by atoms with Crippen LogP contribution < -0.4 is 0 Å². The zero-order valence-electron chi connectivity index (χ0n) is 19.7. The van der Waals surface area contributed by atoms with Crippen molar-refractivity contribution in [3.63, 3.8) is 0 Å². The highest BCUT2D eigenvalue weighted by Gasteiger charge is 2.23. The molecule has 0 radical (unpaired) electrons. The van der Waals surface area contributed by atoms with Crippen molar-refractivity contribution < 1.29 is 31.9 Å². The molecule has 0 spiro atoms. The van der Waals surface area contributed by atoms with Crippen molar-refractivity contribution in [2.45, 2.75) is 51.7 Å². The second-order valence-corrected chi connectivity index (χ2v) is 9.38. The maximum absolute atomic E-state index is 12.9. The van der Waals surface area contributed by atoms with Crippen LogP contribution in [0.2, 0.25) is 0 Å². The number of hydrogen-bond donors (Lipinski definition) is 0. The highest BCUT2D eigenvalue weighted by atomic mass is 32.2. The first-order chi connectivity index (χ1) is 16.3. The van der Waals surface area contributed by atoms with Gasteiger partial charge >= 0.3 is 11.9 Å². The fraction of sp³-hybridized carbons (Fsp3) is 0.435. The van der Waals surface area contributed by atoms with Gasteiger partial charge in [-0.25, -0.2) is 18.2 Å². The molecule has 1 aromatic carbocycles. The molecular formula is C23H29N3O7S. The predicted octanol–water partition coefficient (Wildman–Crippen LogP) is 3.14. The van der Waals surface area contributed by atoms with Crippen LogP contribution >= 0.6 is 0 Å². The predicted molar refractivity (Wildman–Crippen MR) is 124 cm³/mol. The number of hydrogen-bond acceptors (Lipinski definition) is 8. The third-order valence-electron chi connectivity index (χ3n) is 5.52.